The number of aromatic nitrogens is 2. The van der Waals surface area contributed by atoms with E-state index in [9.17, 15) is 9.59 Å². The molecule has 0 aliphatic rings. The molecule has 23 heavy (non-hydrogen) atoms. The number of carbonyl (C=O) groups is 1. The molecule has 0 bridgehead atoms. The Morgan fingerprint density at radius 3 is 2.52 bits per heavy atom. The van der Waals surface area contributed by atoms with Crippen LogP contribution in [-0.4, -0.2) is 22.4 Å². The molecule has 1 amide bonds. The molecule has 1 heterocycles. The number of unbranched alkanes of at least 4 members (excludes halogenated alkanes) is 1. The van der Waals surface area contributed by atoms with E-state index >= 15 is 0 Å². The van der Waals surface area contributed by atoms with Crippen molar-refractivity contribution in [2.45, 2.75) is 19.3 Å². The summed E-state index contributed by atoms with van der Waals surface area (Å²) in [6.07, 6.45) is 2.85. The minimum Gasteiger partial charge on any atom is -0.336 e. The van der Waals surface area contributed by atoms with Gasteiger partial charge < -0.3 is 5.32 Å². The molecule has 3 rings (SSSR count). The number of nitrogens with zero attached hydrogens (tertiary/aromatic N) is 1. The van der Waals surface area contributed by atoms with Gasteiger partial charge in [-0.05, 0) is 37.0 Å². The number of rotatable bonds is 5. The molecule has 0 saturated carbocycles. The number of aryl methyl sites for hydroxylation is 1. The van der Waals surface area contributed by atoms with Crippen LogP contribution in [0.2, 0.25) is 0 Å². The normalized spacial score (nSPS) is 10.8. The zero-order chi connectivity index (χ0) is 16.1. The van der Waals surface area contributed by atoms with Crippen LogP contribution in [0.25, 0.3) is 10.9 Å². The Hall–Kier alpha value is -2.82. The molecule has 1 aromatic heterocycles. The Labute approximate surface area is 133 Å². The molecule has 2 aromatic carbocycles. The maximum Gasteiger partial charge on any atom is 0.343 e. The Kier molecular flexibility index (Phi) is 4.57. The van der Waals surface area contributed by atoms with Crippen LogP contribution in [-0.2, 0) is 6.42 Å². The Bertz CT molecular complexity index is 849. The Morgan fingerprint density at radius 1 is 1.00 bits per heavy atom. The van der Waals surface area contributed by atoms with E-state index in [1.165, 1.54) is 5.56 Å². The van der Waals surface area contributed by atoms with E-state index in [0.29, 0.717) is 17.4 Å². The lowest BCUT2D eigenvalue weighted by atomic mass is 10.1. The predicted molar refractivity (Wildman–Crippen MR) is 90.7 cm³/mol. The predicted octanol–water partition coefficient (Wildman–Crippen LogP) is 2.91. The number of hydrogen-bond donors (Lipinski definition) is 2. The largest absolute Gasteiger partial charge is 0.343 e. The molecule has 0 saturated heterocycles. The van der Waals surface area contributed by atoms with Gasteiger partial charge in [-0.15, -0.1) is 0 Å². The van der Waals surface area contributed by atoms with Crippen molar-refractivity contribution in [1.82, 2.24) is 15.1 Å². The van der Waals surface area contributed by atoms with E-state index in [2.05, 4.69) is 22.5 Å². The van der Waals surface area contributed by atoms with Crippen molar-refractivity contribution in [2.24, 2.45) is 0 Å². The van der Waals surface area contributed by atoms with Crippen LogP contribution < -0.4 is 10.9 Å². The highest BCUT2D eigenvalue weighted by Crippen LogP contribution is 2.06. The second kappa shape index (κ2) is 6.96. The Balaban J connectivity index is 1.51. The van der Waals surface area contributed by atoms with Gasteiger partial charge in [0.2, 0.25) is 0 Å². The molecule has 118 valence electrons. The lowest BCUT2D eigenvalue weighted by Gasteiger charge is -2.05. The summed E-state index contributed by atoms with van der Waals surface area (Å²) in [6, 6.07) is 16.9. The monoisotopic (exact) mass is 309 g/mol. The number of benzene rings is 2. The van der Waals surface area contributed by atoms with Crippen LogP contribution in [0.3, 0.4) is 0 Å². The SMILES string of the molecule is O=C(NCCCCc1ccccc1)n1[nH]c2ccccc2c1=O. The van der Waals surface area contributed by atoms with Crippen molar-refractivity contribution >= 4 is 16.9 Å². The van der Waals surface area contributed by atoms with Gasteiger partial charge in [-0.2, -0.15) is 4.68 Å². The molecule has 5 heteroatoms. The Morgan fingerprint density at radius 2 is 1.74 bits per heavy atom. The molecule has 0 unspecified atom stereocenters. The number of nitrogens with one attached hydrogen (secondary N) is 2. The van der Waals surface area contributed by atoms with Crippen LogP contribution in [0.1, 0.15) is 18.4 Å². The van der Waals surface area contributed by atoms with E-state index in [1.54, 1.807) is 18.2 Å². The lowest BCUT2D eigenvalue weighted by Crippen LogP contribution is -2.35. The van der Waals surface area contributed by atoms with E-state index in [1.807, 2.05) is 24.3 Å². The molecule has 5 nitrogen and oxygen atoms in total. The summed E-state index contributed by atoms with van der Waals surface area (Å²) in [5.74, 6) is 0. The molecule has 0 aliphatic heterocycles. The minimum atomic E-state index is -0.411. The van der Waals surface area contributed by atoms with E-state index in [-0.39, 0.29) is 5.56 Å². The molecule has 0 atom stereocenters. The number of H-pyrrole nitrogens is 1. The summed E-state index contributed by atoms with van der Waals surface area (Å²) < 4.78 is 1.03. The van der Waals surface area contributed by atoms with Crippen LogP contribution in [0.15, 0.2) is 59.4 Å². The van der Waals surface area contributed by atoms with Gasteiger partial charge in [0.05, 0.1) is 10.9 Å². The average molecular weight is 309 g/mol. The van der Waals surface area contributed by atoms with Crippen molar-refractivity contribution < 1.29 is 4.79 Å². The number of hydrogen-bond acceptors (Lipinski definition) is 2. The first-order valence-electron chi connectivity index (χ1n) is 7.77. The fourth-order valence-electron chi connectivity index (χ4n) is 2.57. The summed E-state index contributed by atoms with van der Waals surface area (Å²) >= 11 is 0. The smallest absolute Gasteiger partial charge is 0.336 e. The molecule has 0 aliphatic carbocycles. The second-order valence-electron chi connectivity index (χ2n) is 5.47. The van der Waals surface area contributed by atoms with Gasteiger partial charge in [-0.25, -0.2) is 4.79 Å². The maximum atomic E-state index is 12.1. The molecule has 0 spiro atoms. The summed E-state index contributed by atoms with van der Waals surface area (Å²) in [5.41, 5.74) is 1.64. The summed E-state index contributed by atoms with van der Waals surface area (Å²) in [6.45, 7) is 0.549. The standard InChI is InChI=1S/C18H19N3O2/c22-17-15-11-4-5-12-16(15)20-21(17)18(23)19-13-7-6-10-14-8-2-1-3-9-14/h1-5,8-9,11-12,20H,6-7,10,13H2,(H,19,23). The average Bonchev–Trinajstić information content (AvgIpc) is 2.93. The number of carbonyl (C=O) groups excluding carboxylic acids is 1. The van der Waals surface area contributed by atoms with E-state index in [4.69, 9.17) is 0 Å². The molecule has 3 aromatic rings. The van der Waals surface area contributed by atoms with Crippen molar-refractivity contribution in [3.63, 3.8) is 0 Å². The topological polar surface area (TPSA) is 66.9 Å². The van der Waals surface area contributed by atoms with E-state index < -0.39 is 6.03 Å². The molecule has 0 radical (unpaired) electrons. The first-order chi connectivity index (χ1) is 11.3. The summed E-state index contributed by atoms with van der Waals surface area (Å²) in [7, 11) is 0. The first-order valence-corrected chi connectivity index (χ1v) is 7.77. The van der Waals surface area contributed by atoms with Gasteiger partial charge in [0, 0.05) is 6.54 Å². The third-order valence-corrected chi connectivity index (χ3v) is 3.81. The third-order valence-electron chi connectivity index (χ3n) is 3.81. The molecular formula is C18H19N3O2. The fraction of sp³-hybridized carbons (Fsp3) is 0.222. The van der Waals surface area contributed by atoms with Crippen LogP contribution in [0, 0.1) is 0 Å². The number of amides is 1. The number of fused-ring (bicyclic) bond motifs is 1. The highest BCUT2D eigenvalue weighted by atomic mass is 16.2. The van der Waals surface area contributed by atoms with Crippen molar-refractivity contribution in [1.29, 1.82) is 0 Å². The highest BCUT2D eigenvalue weighted by molar-refractivity contribution is 5.84. The van der Waals surface area contributed by atoms with Gasteiger partial charge in [0.15, 0.2) is 0 Å². The van der Waals surface area contributed by atoms with Crippen molar-refractivity contribution in [3.8, 4) is 0 Å². The van der Waals surface area contributed by atoms with Crippen molar-refractivity contribution in [3.05, 3.63) is 70.5 Å². The third kappa shape index (κ3) is 3.51. The van der Waals surface area contributed by atoms with Crippen LogP contribution in [0.5, 0.6) is 0 Å². The minimum absolute atomic E-state index is 0.317. The quantitative estimate of drug-likeness (QED) is 0.712. The zero-order valence-electron chi connectivity index (χ0n) is 12.8. The molecule has 2 N–H and O–H groups in total. The first kappa shape index (κ1) is 15.1. The van der Waals surface area contributed by atoms with Gasteiger partial charge in [-0.3, -0.25) is 9.89 Å². The maximum absolute atomic E-state index is 12.1. The summed E-state index contributed by atoms with van der Waals surface area (Å²) in [4.78, 5) is 24.2. The molecular weight excluding hydrogens is 290 g/mol. The highest BCUT2D eigenvalue weighted by Gasteiger charge is 2.11. The second-order valence-corrected chi connectivity index (χ2v) is 5.47. The number of aromatic amines is 1. The van der Waals surface area contributed by atoms with Crippen molar-refractivity contribution in [2.75, 3.05) is 6.54 Å². The van der Waals surface area contributed by atoms with Gasteiger partial charge in [0.1, 0.15) is 0 Å². The molecule has 0 fully saturated rings. The van der Waals surface area contributed by atoms with E-state index in [0.717, 1.165) is 23.9 Å². The fourth-order valence-corrected chi connectivity index (χ4v) is 2.57. The van der Waals surface area contributed by atoms with Gasteiger partial charge in [-0.1, -0.05) is 42.5 Å². The lowest BCUT2D eigenvalue weighted by molar-refractivity contribution is 0.239. The van der Waals surface area contributed by atoms with Gasteiger partial charge >= 0.3 is 6.03 Å². The van der Waals surface area contributed by atoms with Gasteiger partial charge in [0.25, 0.3) is 5.56 Å². The summed E-state index contributed by atoms with van der Waals surface area (Å²) in [5, 5.41) is 6.12. The number of para-hydroxylation sites is 1. The zero-order valence-corrected chi connectivity index (χ0v) is 12.8. The van der Waals surface area contributed by atoms with Crippen LogP contribution >= 0.6 is 0 Å². The van der Waals surface area contributed by atoms with Crippen LogP contribution in [0.4, 0.5) is 4.79 Å².